The molecule has 0 unspecified atom stereocenters. The minimum Gasteiger partial charge on any atom is -0.466 e. The third-order valence-corrected chi connectivity index (χ3v) is 10.5. The Morgan fingerprint density at radius 2 is 0.673 bits per heavy atom. The molecule has 0 aromatic rings. The summed E-state index contributed by atoms with van der Waals surface area (Å²) in [6.07, 6.45) is 36.5. The summed E-state index contributed by atoms with van der Waals surface area (Å²) in [7, 11) is 0. The Labute approximate surface area is 324 Å². The molecule has 0 radical (unpaired) electrons. The molecule has 0 bridgehead atoms. The first-order chi connectivity index (χ1) is 25.6. The van der Waals surface area contributed by atoms with Crippen molar-refractivity contribution in [1.29, 1.82) is 0 Å². The number of aliphatic hydroxyl groups is 1. The molecule has 0 saturated heterocycles. The predicted octanol–water partition coefficient (Wildman–Crippen LogP) is 11.8. The number of hydrogen-bond donors (Lipinski definition) is 1. The fourth-order valence-corrected chi connectivity index (χ4v) is 6.99. The Kier molecular flexibility index (Phi) is 41.6. The zero-order chi connectivity index (χ0) is 38.0. The number of hydrogen-bond acceptors (Lipinski definition) is 7. The molecule has 0 saturated carbocycles. The number of carbonyl (C=O) groups is 2. The highest BCUT2D eigenvalue weighted by atomic mass is 16.5. The lowest BCUT2D eigenvalue weighted by Crippen LogP contribution is -2.30. The molecule has 0 rings (SSSR count). The molecular formula is C45H90N2O5. The first-order valence-electron chi connectivity index (χ1n) is 22.9. The highest BCUT2D eigenvalue weighted by Gasteiger charge is 2.09. The van der Waals surface area contributed by atoms with Crippen LogP contribution in [0.1, 0.15) is 220 Å². The quantitative estimate of drug-likeness (QED) is 0.0493. The lowest BCUT2D eigenvalue weighted by atomic mass is 10.1. The third kappa shape index (κ3) is 38.5. The number of carbonyl (C=O) groups excluding carboxylic acids is 2. The van der Waals surface area contributed by atoms with Crippen molar-refractivity contribution in [3.8, 4) is 0 Å². The van der Waals surface area contributed by atoms with Gasteiger partial charge in [0.25, 0.3) is 0 Å². The van der Waals surface area contributed by atoms with Crippen LogP contribution in [-0.2, 0) is 19.1 Å². The van der Waals surface area contributed by atoms with Crippen LogP contribution in [0.3, 0.4) is 0 Å². The Balaban J connectivity index is 3.88. The van der Waals surface area contributed by atoms with Crippen molar-refractivity contribution in [2.45, 2.75) is 220 Å². The lowest BCUT2D eigenvalue weighted by Gasteiger charge is -2.22. The second kappa shape index (κ2) is 42.6. The van der Waals surface area contributed by atoms with Crippen LogP contribution in [0.15, 0.2) is 0 Å². The molecule has 1 N–H and O–H groups in total. The van der Waals surface area contributed by atoms with E-state index in [0.29, 0.717) is 26.1 Å². The Bertz CT molecular complexity index is 721. The number of rotatable bonds is 43. The third-order valence-electron chi connectivity index (χ3n) is 10.5. The van der Waals surface area contributed by atoms with Gasteiger partial charge in [-0.3, -0.25) is 14.5 Å². The maximum Gasteiger partial charge on any atom is 0.305 e. The van der Waals surface area contributed by atoms with Crippen LogP contribution in [0, 0.1) is 0 Å². The van der Waals surface area contributed by atoms with Crippen LogP contribution in [0.4, 0.5) is 0 Å². The molecule has 7 nitrogen and oxygen atoms in total. The molecule has 0 aromatic heterocycles. The molecule has 0 spiro atoms. The smallest absolute Gasteiger partial charge is 0.305 e. The van der Waals surface area contributed by atoms with Crippen molar-refractivity contribution >= 4 is 11.9 Å². The van der Waals surface area contributed by atoms with Gasteiger partial charge in [0.1, 0.15) is 6.61 Å². The zero-order valence-electron chi connectivity index (χ0n) is 35.3. The van der Waals surface area contributed by atoms with Crippen molar-refractivity contribution in [3.63, 3.8) is 0 Å². The maximum absolute atomic E-state index is 12.4. The Hall–Kier alpha value is -1.18. The van der Waals surface area contributed by atoms with Crippen LogP contribution in [0.5, 0.6) is 0 Å². The monoisotopic (exact) mass is 739 g/mol. The van der Waals surface area contributed by atoms with E-state index in [2.05, 4.69) is 30.6 Å². The number of ether oxygens (including phenoxy) is 2. The fourth-order valence-electron chi connectivity index (χ4n) is 6.99. The van der Waals surface area contributed by atoms with E-state index in [1.165, 1.54) is 116 Å². The summed E-state index contributed by atoms with van der Waals surface area (Å²) in [6.45, 7) is 14.0. The summed E-state index contributed by atoms with van der Waals surface area (Å²) in [5.41, 5.74) is 0. The van der Waals surface area contributed by atoms with Gasteiger partial charge in [-0.1, -0.05) is 162 Å². The SMILES string of the molecule is CCCCCCCCCCC(=O)OCCCCCCN(CCO)CCCCCCCC(=O)OCCN(CCCCCCCC)CCCCCCCC. The summed E-state index contributed by atoms with van der Waals surface area (Å²) in [4.78, 5) is 29.3. The average Bonchev–Trinajstić information content (AvgIpc) is 3.14. The van der Waals surface area contributed by atoms with E-state index in [0.717, 1.165) is 110 Å². The molecule has 0 atom stereocenters. The van der Waals surface area contributed by atoms with Crippen molar-refractivity contribution in [2.75, 3.05) is 59.1 Å². The van der Waals surface area contributed by atoms with Crippen LogP contribution >= 0.6 is 0 Å². The van der Waals surface area contributed by atoms with Crippen molar-refractivity contribution in [2.24, 2.45) is 0 Å². The van der Waals surface area contributed by atoms with Crippen LogP contribution in [-0.4, -0.2) is 85.9 Å². The van der Waals surface area contributed by atoms with E-state index < -0.39 is 0 Å². The van der Waals surface area contributed by atoms with Gasteiger partial charge in [-0.2, -0.15) is 0 Å². The number of aliphatic hydroxyl groups excluding tert-OH is 1. The van der Waals surface area contributed by atoms with E-state index in [9.17, 15) is 14.7 Å². The van der Waals surface area contributed by atoms with Gasteiger partial charge in [0.15, 0.2) is 0 Å². The molecule has 0 aliphatic carbocycles. The van der Waals surface area contributed by atoms with Gasteiger partial charge in [0, 0.05) is 25.9 Å². The number of esters is 2. The molecule has 0 amide bonds. The summed E-state index contributed by atoms with van der Waals surface area (Å²) < 4.78 is 11.1. The summed E-state index contributed by atoms with van der Waals surface area (Å²) >= 11 is 0. The average molecular weight is 739 g/mol. The standard InChI is InChI=1S/C45H90N2O5/c1-4-7-10-13-16-17-19-26-33-44(49)51-42-32-25-24-31-36-46(39-41-48)35-28-23-18-20-27-34-45(50)52-43-40-47(37-29-21-14-11-8-5-2)38-30-22-15-12-9-6-3/h48H,4-43H2,1-3H3. The molecule has 52 heavy (non-hydrogen) atoms. The largest absolute Gasteiger partial charge is 0.466 e. The van der Waals surface area contributed by atoms with Gasteiger partial charge in [-0.15, -0.1) is 0 Å². The van der Waals surface area contributed by atoms with Gasteiger partial charge in [0.05, 0.1) is 13.2 Å². The normalized spacial score (nSPS) is 11.6. The van der Waals surface area contributed by atoms with Crippen molar-refractivity contribution < 1.29 is 24.2 Å². The van der Waals surface area contributed by atoms with Crippen LogP contribution in [0.2, 0.25) is 0 Å². The fraction of sp³-hybridized carbons (Fsp3) is 0.956. The maximum atomic E-state index is 12.4. The highest BCUT2D eigenvalue weighted by Crippen LogP contribution is 2.12. The van der Waals surface area contributed by atoms with Crippen LogP contribution in [0.25, 0.3) is 0 Å². The summed E-state index contributed by atoms with van der Waals surface area (Å²) in [5.74, 6) is -0.0695. The zero-order valence-corrected chi connectivity index (χ0v) is 35.3. The molecule has 0 aliphatic rings. The second-order valence-electron chi connectivity index (χ2n) is 15.5. The van der Waals surface area contributed by atoms with Crippen molar-refractivity contribution in [1.82, 2.24) is 9.80 Å². The molecule has 0 fully saturated rings. The van der Waals surface area contributed by atoms with E-state index in [1.807, 2.05) is 0 Å². The van der Waals surface area contributed by atoms with E-state index in [-0.39, 0.29) is 18.5 Å². The molecule has 0 aromatic carbocycles. The van der Waals surface area contributed by atoms with E-state index in [4.69, 9.17) is 9.47 Å². The Morgan fingerprint density at radius 1 is 0.365 bits per heavy atom. The van der Waals surface area contributed by atoms with E-state index >= 15 is 0 Å². The molecule has 310 valence electrons. The number of unbranched alkanes of at least 4 members (excludes halogenated alkanes) is 24. The first kappa shape index (κ1) is 50.8. The minimum absolute atomic E-state index is 0.0326. The number of nitrogens with zero attached hydrogens (tertiary/aromatic N) is 2. The van der Waals surface area contributed by atoms with Gasteiger partial charge in [-0.05, 0) is 71.1 Å². The summed E-state index contributed by atoms with van der Waals surface area (Å²) in [5, 5.41) is 9.53. The van der Waals surface area contributed by atoms with Gasteiger partial charge in [0.2, 0.25) is 0 Å². The second-order valence-corrected chi connectivity index (χ2v) is 15.5. The first-order valence-corrected chi connectivity index (χ1v) is 22.9. The topological polar surface area (TPSA) is 79.3 Å². The van der Waals surface area contributed by atoms with Gasteiger partial charge in [-0.25, -0.2) is 0 Å². The van der Waals surface area contributed by atoms with Gasteiger partial charge >= 0.3 is 11.9 Å². The van der Waals surface area contributed by atoms with Crippen molar-refractivity contribution in [3.05, 3.63) is 0 Å². The molecule has 0 heterocycles. The van der Waals surface area contributed by atoms with Crippen LogP contribution < -0.4 is 0 Å². The van der Waals surface area contributed by atoms with E-state index in [1.54, 1.807) is 0 Å². The molecular weight excluding hydrogens is 649 g/mol. The minimum atomic E-state index is -0.0369. The van der Waals surface area contributed by atoms with Gasteiger partial charge < -0.3 is 19.5 Å². The Morgan fingerprint density at radius 3 is 1.06 bits per heavy atom. The predicted molar refractivity (Wildman–Crippen MR) is 222 cm³/mol. The highest BCUT2D eigenvalue weighted by molar-refractivity contribution is 5.69. The molecule has 7 heteroatoms. The summed E-state index contributed by atoms with van der Waals surface area (Å²) in [6, 6.07) is 0. The molecule has 0 aliphatic heterocycles. The lowest BCUT2D eigenvalue weighted by molar-refractivity contribution is -0.145.